The topological polar surface area (TPSA) is 38.9 Å². The number of nitrogens with two attached hydrogens (primary N) is 1. The molecule has 1 aromatic rings. The first kappa shape index (κ1) is 9.46. The lowest BCUT2D eigenvalue weighted by Crippen LogP contribution is -2.44. The van der Waals surface area contributed by atoms with E-state index in [4.69, 9.17) is 5.73 Å². The van der Waals surface area contributed by atoms with Gasteiger partial charge in [-0.05, 0) is 55.8 Å². The Labute approximate surface area is 100 Å². The van der Waals surface area contributed by atoms with Gasteiger partial charge in [-0.25, -0.2) is 4.98 Å². The first-order valence-electron chi connectivity index (χ1n) is 6.50. The number of nitrogens with zero attached hydrogens (tertiary/aromatic N) is 1. The van der Waals surface area contributed by atoms with E-state index in [1.54, 1.807) is 11.3 Å². The Hall–Kier alpha value is -0.570. The predicted molar refractivity (Wildman–Crippen MR) is 66.3 cm³/mol. The van der Waals surface area contributed by atoms with Crippen molar-refractivity contribution < 1.29 is 0 Å². The molecule has 1 heterocycles. The van der Waals surface area contributed by atoms with Gasteiger partial charge in [-0.15, -0.1) is 11.3 Å². The zero-order valence-electron chi connectivity index (χ0n) is 9.43. The Morgan fingerprint density at radius 1 is 1.06 bits per heavy atom. The second-order valence-corrected chi connectivity index (χ2v) is 6.94. The molecule has 0 aromatic carbocycles. The van der Waals surface area contributed by atoms with Crippen molar-refractivity contribution in [1.29, 1.82) is 0 Å². The lowest BCUT2D eigenvalue weighted by Gasteiger charge is -2.54. The third-order valence-electron chi connectivity index (χ3n) is 5.17. The maximum absolute atomic E-state index is 6.08. The number of anilines is 1. The Balaban J connectivity index is 1.72. The van der Waals surface area contributed by atoms with Crippen molar-refractivity contribution in [1.82, 2.24) is 4.98 Å². The summed E-state index contributed by atoms with van der Waals surface area (Å²) < 4.78 is 0. The Bertz CT molecular complexity index is 384. The number of rotatable bonds is 1. The van der Waals surface area contributed by atoms with E-state index >= 15 is 0 Å². The summed E-state index contributed by atoms with van der Waals surface area (Å²) in [6, 6.07) is 0. The fourth-order valence-electron chi connectivity index (χ4n) is 4.89. The fourth-order valence-corrected chi connectivity index (χ4v) is 5.48. The molecule has 4 aliphatic rings. The van der Waals surface area contributed by atoms with Crippen LogP contribution >= 0.6 is 11.3 Å². The smallest absolute Gasteiger partial charge is 0.109 e. The molecule has 4 fully saturated rings. The van der Waals surface area contributed by atoms with Crippen LogP contribution in [0.5, 0.6) is 0 Å². The minimum absolute atomic E-state index is 0.707. The van der Waals surface area contributed by atoms with Gasteiger partial charge in [0.25, 0.3) is 0 Å². The van der Waals surface area contributed by atoms with E-state index < -0.39 is 0 Å². The number of nitrogen functional groups attached to an aromatic ring is 1. The van der Waals surface area contributed by atoms with Crippen LogP contribution in [-0.4, -0.2) is 4.98 Å². The van der Waals surface area contributed by atoms with Crippen molar-refractivity contribution >= 4 is 16.3 Å². The van der Waals surface area contributed by atoms with Crippen LogP contribution in [0.15, 0.2) is 5.51 Å². The Morgan fingerprint density at radius 2 is 1.69 bits per heavy atom. The summed E-state index contributed by atoms with van der Waals surface area (Å²) in [5, 5.41) is 0.984. The molecule has 0 radical (unpaired) electrons. The molecule has 0 unspecified atom stereocenters. The highest BCUT2D eigenvalue weighted by Crippen LogP contribution is 2.60. The van der Waals surface area contributed by atoms with Crippen LogP contribution in [0.3, 0.4) is 0 Å². The Morgan fingerprint density at radius 3 is 2.19 bits per heavy atom. The van der Waals surface area contributed by atoms with Crippen molar-refractivity contribution in [2.45, 2.75) is 38.0 Å². The van der Waals surface area contributed by atoms with Crippen LogP contribution in [0.2, 0.25) is 0 Å². The number of thiazole rings is 1. The highest BCUT2D eigenvalue weighted by Gasteiger charge is 2.49. The molecule has 86 valence electrons. The predicted octanol–water partition coefficient (Wildman–Crippen LogP) is 3.27. The first-order valence-corrected chi connectivity index (χ1v) is 7.38. The fraction of sp³-hybridized carbons (Fsp3) is 0.769. The van der Waals surface area contributed by atoms with Crippen LogP contribution in [0.1, 0.15) is 43.7 Å². The maximum Gasteiger partial charge on any atom is 0.109 e. The van der Waals surface area contributed by atoms with Crippen LogP contribution in [0.25, 0.3) is 0 Å². The average Bonchev–Trinajstić information content (AvgIpc) is 2.63. The quantitative estimate of drug-likeness (QED) is 0.810. The van der Waals surface area contributed by atoms with Gasteiger partial charge in [-0.1, -0.05) is 0 Å². The molecule has 4 bridgehead atoms. The second kappa shape index (κ2) is 3.22. The molecular weight excluding hydrogens is 216 g/mol. The lowest BCUT2D eigenvalue weighted by molar-refractivity contribution is -0.00373. The van der Waals surface area contributed by atoms with E-state index in [2.05, 4.69) is 4.98 Å². The summed E-state index contributed by atoms with van der Waals surface area (Å²) in [7, 11) is 0. The van der Waals surface area contributed by atoms with Crippen molar-refractivity contribution in [3.63, 3.8) is 0 Å². The summed E-state index contributed by atoms with van der Waals surface area (Å²) in [5.41, 5.74) is 9.25. The maximum atomic E-state index is 6.08. The zero-order chi connectivity index (χ0) is 10.7. The van der Waals surface area contributed by atoms with Crippen molar-refractivity contribution in [3.05, 3.63) is 11.2 Å². The largest absolute Gasteiger partial charge is 0.389 e. The summed E-state index contributed by atoms with van der Waals surface area (Å²) in [5.74, 6) is 4.59. The molecule has 0 aliphatic heterocycles. The van der Waals surface area contributed by atoms with Gasteiger partial charge in [0.2, 0.25) is 0 Å². The molecule has 0 saturated heterocycles. The van der Waals surface area contributed by atoms with Crippen LogP contribution in [0, 0.1) is 23.7 Å². The molecule has 0 atom stereocenters. The molecule has 0 spiro atoms. The third kappa shape index (κ3) is 1.21. The van der Waals surface area contributed by atoms with Crippen molar-refractivity contribution in [3.8, 4) is 0 Å². The van der Waals surface area contributed by atoms with Crippen LogP contribution in [0.4, 0.5) is 5.00 Å². The summed E-state index contributed by atoms with van der Waals surface area (Å²) in [4.78, 5) is 4.56. The molecule has 1 aromatic heterocycles. The average molecular weight is 234 g/mol. The highest BCUT2D eigenvalue weighted by molar-refractivity contribution is 7.13. The summed E-state index contributed by atoms with van der Waals surface area (Å²) in [6.07, 6.45) is 7.33. The molecule has 2 N–H and O–H groups in total. The molecule has 2 nitrogen and oxygen atoms in total. The van der Waals surface area contributed by atoms with E-state index in [0.29, 0.717) is 5.92 Å². The Kier molecular flexibility index (Phi) is 1.90. The molecule has 5 rings (SSSR count). The highest BCUT2D eigenvalue weighted by atomic mass is 32.1. The van der Waals surface area contributed by atoms with Gasteiger partial charge in [0, 0.05) is 5.92 Å². The van der Waals surface area contributed by atoms with Crippen molar-refractivity contribution in [2.24, 2.45) is 23.7 Å². The molecular formula is C13H18N2S. The summed E-state index contributed by atoms with van der Waals surface area (Å²) in [6.45, 7) is 0. The van der Waals surface area contributed by atoms with Crippen LogP contribution in [-0.2, 0) is 0 Å². The molecule has 4 aliphatic carbocycles. The van der Waals surface area contributed by atoms with E-state index in [1.807, 2.05) is 5.51 Å². The number of hydrogen-bond acceptors (Lipinski definition) is 3. The molecule has 16 heavy (non-hydrogen) atoms. The lowest BCUT2D eigenvalue weighted by atomic mass is 9.51. The minimum Gasteiger partial charge on any atom is -0.389 e. The normalized spacial score (nSPS) is 45.1. The number of aromatic nitrogens is 1. The minimum atomic E-state index is 0.707. The van der Waals surface area contributed by atoms with Crippen molar-refractivity contribution in [2.75, 3.05) is 5.73 Å². The molecule has 3 heteroatoms. The summed E-state index contributed by atoms with van der Waals surface area (Å²) >= 11 is 1.62. The standard InChI is InChI=1S/C13H18N2S/c14-13-12(15-6-16-13)11-9-2-7-1-8(4-9)5-10(11)3-7/h6-11H,1-5,14H2. The molecule has 0 amide bonds. The third-order valence-corrected chi connectivity index (χ3v) is 5.84. The van der Waals surface area contributed by atoms with E-state index in [0.717, 1.165) is 28.7 Å². The van der Waals surface area contributed by atoms with E-state index in [1.165, 1.54) is 37.8 Å². The van der Waals surface area contributed by atoms with Gasteiger partial charge in [0.1, 0.15) is 5.00 Å². The van der Waals surface area contributed by atoms with Crippen LogP contribution < -0.4 is 5.73 Å². The van der Waals surface area contributed by atoms with Gasteiger partial charge >= 0.3 is 0 Å². The van der Waals surface area contributed by atoms with E-state index in [9.17, 15) is 0 Å². The SMILES string of the molecule is Nc1scnc1C1C2CC3CC(C2)CC1C3. The van der Waals surface area contributed by atoms with Gasteiger partial charge < -0.3 is 5.73 Å². The van der Waals surface area contributed by atoms with Gasteiger partial charge in [-0.2, -0.15) is 0 Å². The first-order chi connectivity index (χ1) is 7.81. The zero-order valence-corrected chi connectivity index (χ0v) is 10.2. The van der Waals surface area contributed by atoms with Gasteiger partial charge in [0.05, 0.1) is 11.2 Å². The monoisotopic (exact) mass is 234 g/mol. The number of hydrogen-bond donors (Lipinski definition) is 1. The second-order valence-electron chi connectivity index (χ2n) is 6.06. The van der Waals surface area contributed by atoms with Gasteiger partial charge in [-0.3, -0.25) is 0 Å². The van der Waals surface area contributed by atoms with Gasteiger partial charge in [0.15, 0.2) is 0 Å². The van der Waals surface area contributed by atoms with E-state index in [-0.39, 0.29) is 0 Å². The molecule has 4 saturated carbocycles.